The summed E-state index contributed by atoms with van der Waals surface area (Å²) in [6, 6.07) is 6.52. The van der Waals surface area contributed by atoms with Crippen molar-refractivity contribution in [1.82, 2.24) is 9.97 Å². The molecule has 0 atom stereocenters. The van der Waals surface area contributed by atoms with E-state index in [2.05, 4.69) is 9.97 Å². The van der Waals surface area contributed by atoms with Crippen LogP contribution < -0.4 is 0 Å². The Labute approximate surface area is 108 Å². The van der Waals surface area contributed by atoms with Gasteiger partial charge < -0.3 is 9.52 Å². The molecule has 5 nitrogen and oxygen atoms in total. The maximum atomic E-state index is 10.9. The number of pyridine rings is 1. The zero-order valence-electron chi connectivity index (χ0n) is 10.1. The normalized spacial score (nSPS) is 10.8. The third kappa shape index (κ3) is 2.06. The van der Waals surface area contributed by atoms with Crippen LogP contribution in [0.25, 0.3) is 22.6 Å². The molecule has 0 aliphatic rings. The maximum Gasteiger partial charge on any atom is 0.335 e. The molecule has 0 aliphatic carbocycles. The second-order valence-electron chi connectivity index (χ2n) is 4.26. The maximum absolute atomic E-state index is 10.9. The first kappa shape index (κ1) is 11.4. The molecule has 0 amide bonds. The molecule has 3 rings (SSSR count). The zero-order chi connectivity index (χ0) is 13.4. The topological polar surface area (TPSA) is 76.2 Å². The lowest BCUT2D eigenvalue weighted by Gasteiger charge is -1.95. The highest BCUT2D eigenvalue weighted by atomic mass is 16.4. The van der Waals surface area contributed by atoms with Gasteiger partial charge in [-0.05, 0) is 36.8 Å². The molecule has 0 radical (unpaired) electrons. The summed E-state index contributed by atoms with van der Waals surface area (Å²) >= 11 is 0. The van der Waals surface area contributed by atoms with E-state index < -0.39 is 5.97 Å². The van der Waals surface area contributed by atoms with Crippen molar-refractivity contribution in [2.45, 2.75) is 6.92 Å². The standard InChI is InChI=1S/C14H10N2O3/c1-8-4-10(7-15-6-8)13-16-11-3-2-9(14(17)18)5-12(11)19-13/h2-7H,1H3,(H,17,18). The van der Waals surface area contributed by atoms with E-state index in [1.807, 2.05) is 13.0 Å². The van der Waals surface area contributed by atoms with Gasteiger partial charge in [-0.15, -0.1) is 0 Å². The summed E-state index contributed by atoms with van der Waals surface area (Å²) < 4.78 is 5.59. The van der Waals surface area contributed by atoms with Gasteiger partial charge in [-0.2, -0.15) is 0 Å². The van der Waals surface area contributed by atoms with Crippen LogP contribution in [0.2, 0.25) is 0 Å². The lowest BCUT2D eigenvalue weighted by Crippen LogP contribution is -1.94. The second-order valence-corrected chi connectivity index (χ2v) is 4.26. The molecule has 0 aliphatic heterocycles. The summed E-state index contributed by atoms with van der Waals surface area (Å²) in [6.45, 7) is 1.93. The molecule has 0 saturated carbocycles. The van der Waals surface area contributed by atoms with Gasteiger partial charge in [0.05, 0.1) is 11.1 Å². The largest absolute Gasteiger partial charge is 0.478 e. The average Bonchev–Trinajstić information content (AvgIpc) is 2.81. The van der Waals surface area contributed by atoms with Crippen molar-refractivity contribution >= 4 is 17.1 Å². The summed E-state index contributed by atoms with van der Waals surface area (Å²) in [5.41, 5.74) is 3.04. The van der Waals surface area contributed by atoms with Crippen molar-refractivity contribution in [1.29, 1.82) is 0 Å². The fraction of sp³-hybridized carbons (Fsp3) is 0.0714. The molecule has 1 aromatic carbocycles. The molecule has 2 heterocycles. The zero-order valence-corrected chi connectivity index (χ0v) is 10.1. The van der Waals surface area contributed by atoms with Gasteiger partial charge in [-0.25, -0.2) is 9.78 Å². The molecule has 0 saturated heterocycles. The van der Waals surface area contributed by atoms with Crippen molar-refractivity contribution in [3.63, 3.8) is 0 Å². The third-order valence-corrected chi connectivity index (χ3v) is 2.76. The van der Waals surface area contributed by atoms with Crippen LogP contribution in [-0.4, -0.2) is 21.0 Å². The molecule has 0 fully saturated rings. The van der Waals surface area contributed by atoms with Crippen LogP contribution in [0, 0.1) is 6.92 Å². The molecule has 2 aromatic heterocycles. The van der Waals surface area contributed by atoms with Crippen LogP contribution in [0.4, 0.5) is 0 Å². The van der Waals surface area contributed by atoms with E-state index in [0.717, 1.165) is 11.1 Å². The molecule has 0 spiro atoms. The lowest BCUT2D eigenvalue weighted by atomic mass is 10.2. The van der Waals surface area contributed by atoms with Gasteiger partial charge in [0.1, 0.15) is 5.52 Å². The molecule has 0 unspecified atom stereocenters. The highest BCUT2D eigenvalue weighted by Crippen LogP contribution is 2.24. The predicted molar refractivity (Wildman–Crippen MR) is 68.9 cm³/mol. The number of aryl methyl sites for hydroxylation is 1. The minimum Gasteiger partial charge on any atom is -0.478 e. The van der Waals surface area contributed by atoms with Crippen molar-refractivity contribution < 1.29 is 14.3 Å². The van der Waals surface area contributed by atoms with E-state index in [4.69, 9.17) is 9.52 Å². The Kier molecular flexibility index (Phi) is 2.52. The van der Waals surface area contributed by atoms with E-state index in [0.29, 0.717) is 17.0 Å². The van der Waals surface area contributed by atoms with Gasteiger partial charge >= 0.3 is 5.97 Å². The summed E-state index contributed by atoms with van der Waals surface area (Å²) in [5.74, 6) is -0.550. The number of hydrogen-bond donors (Lipinski definition) is 1. The summed E-state index contributed by atoms with van der Waals surface area (Å²) in [5, 5.41) is 8.93. The number of carbonyl (C=O) groups is 1. The Morgan fingerprint density at radius 3 is 2.84 bits per heavy atom. The van der Waals surface area contributed by atoms with Crippen molar-refractivity contribution in [2.24, 2.45) is 0 Å². The number of carboxylic acids is 1. The van der Waals surface area contributed by atoms with E-state index in [-0.39, 0.29) is 5.56 Å². The highest BCUT2D eigenvalue weighted by molar-refractivity contribution is 5.92. The number of hydrogen-bond acceptors (Lipinski definition) is 4. The Morgan fingerprint density at radius 1 is 1.26 bits per heavy atom. The monoisotopic (exact) mass is 254 g/mol. The number of fused-ring (bicyclic) bond motifs is 1. The molecule has 5 heteroatoms. The summed E-state index contributed by atoms with van der Waals surface area (Å²) in [7, 11) is 0. The van der Waals surface area contributed by atoms with Crippen LogP contribution in [0.1, 0.15) is 15.9 Å². The molecule has 19 heavy (non-hydrogen) atoms. The number of benzene rings is 1. The lowest BCUT2D eigenvalue weighted by molar-refractivity contribution is 0.0697. The molecule has 94 valence electrons. The summed E-state index contributed by atoms with van der Waals surface area (Å²) in [6.07, 6.45) is 3.41. The Morgan fingerprint density at radius 2 is 2.11 bits per heavy atom. The Bertz CT molecular complexity index is 777. The van der Waals surface area contributed by atoms with Crippen LogP contribution in [0.15, 0.2) is 41.1 Å². The number of nitrogens with zero attached hydrogens (tertiary/aromatic N) is 2. The van der Waals surface area contributed by atoms with E-state index in [1.165, 1.54) is 12.1 Å². The first-order valence-corrected chi connectivity index (χ1v) is 5.69. The van der Waals surface area contributed by atoms with E-state index in [9.17, 15) is 4.79 Å². The minimum absolute atomic E-state index is 0.178. The van der Waals surface area contributed by atoms with E-state index in [1.54, 1.807) is 18.5 Å². The third-order valence-electron chi connectivity index (χ3n) is 2.76. The quantitative estimate of drug-likeness (QED) is 0.760. The van der Waals surface area contributed by atoms with Gasteiger partial charge in [0.15, 0.2) is 5.58 Å². The molecule has 0 bridgehead atoms. The number of rotatable bonds is 2. The smallest absolute Gasteiger partial charge is 0.335 e. The van der Waals surface area contributed by atoms with Crippen molar-refractivity contribution in [3.8, 4) is 11.5 Å². The number of carboxylic acid groups (broad SMARTS) is 1. The fourth-order valence-corrected chi connectivity index (χ4v) is 1.85. The fourth-order valence-electron chi connectivity index (χ4n) is 1.85. The second kappa shape index (κ2) is 4.20. The molecule has 3 aromatic rings. The van der Waals surface area contributed by atoms with Gasteiger partial charge in [-0.1, -0.05) is 0 Å². The van der Waals surface area contributed by atoms with Crippen molar-refractivity contribution in [2.75, 3.05) is 0 Å². The highest BCUT2D eigenvalue weighted by Gasteiger charge is 2.11. The van der Waals surface area contributed by atoms with Crippen LogP contribution in [-0.2, 0) is 0 Å². The first-order chi connectivity index (χ1) is 9.13. The summed E-state index contributed by atoms with van der Waals surface area (Å²) in [4.78, 5) is 19.3. The predicted octanol–water partition coefficient (Wildman–Crippen LogP) is 2.90. The molecular formula is C14H10N2O3. The van der Waals surface area contributed by atoms with Gasteiger partial charge in [-0.3, -0.25) is 4.98 Å². The number of aromatic carboxylic acids is 1. The van der Waals surface area contributed by atoms with Gasteiger partial charge in [0, 0.05) is 12.4 Å². The average molecular weight is 254 g/mol. The van der Waals surface area contributed by atoms with E-state index >= 15 is 0 Å². The van der Waals surface area contributed by atoms with Gasteiger partial charge in [0.2, 0.25) is 5.89 Å². The van der Waals surface area contributed by atoms with Crippen LogP contribution in [0.3, 0.4) is 0 Å². The Hall–Kier alpha value is -2.69. The SMILES string of the molecule is Cc1cncc(-c2nc3ccc(C(=O)O)cc3o2)c1. The minimum atomic E-state index is -0.989. The molecule has 1 N–H and O–H groups in total. The Balaban J connectivity index is 2.14. The first-order valence-electron chi connectivity index (χ1n) is 5.69. The molecular weight excluding hydrogens is 244 g/mol. The van der Waals surface area contributed by atoms with Crippen molar-refractivity contribution in [3.05, 3.63) is 47.8 Å². The van der Waals surface area contributed by atoms with Gasteiger partial charge in [0.25, 0.3) is 0 Å². The van der Waals surface area contributed by atoms with Crippen LogP contribution in [0.5, 0.6) is 0 Å². The number of oxazole rings is 1. The van der Waals surface area contributed by atoms with Crippen LogP contribution >= 0.6 is 0 Å². The number of aromatic nitrogens is 2.